The molecule has 32 heavy (non-hydrogen) atoms. The van der Waals surface area contributed by atoms with Gasteiger partial charge in [0.05, 0.1) is 19.3 Å². The lowest BCUT2D eigenvalue weighted by Gasteiger charge is -2.17. The smallest absolute Gasteiger partial charge is 0.346 e. The third-order valence-electron chi connectivity index (χ3n) is 5.40. The number of benzene rings is 2. The molecule has 2 aromatic carbocycles. The van der Waals surface area contributed by atoms with E-state index in [-0.39, 0.29) is 17.4 Å². The number of rotatable bonds is 5. The van der Waals surface area contributed by atoms with Crippen LogP contribution in [0.4, 0.5) is 19.3 Å². The van der Waals surface area contributed by atoms with Crippen molar-refractivity contribution in [3.05, 3.63) is 76.0 Å². The van der Waals surface area contributed by atoms with Crippen molar-refractivity contribution in [2.45, 2.75) is 38.4 Å². The van der Waals surface area contributed by atoms with Crippen molar-refractivity contribution in [3.8, 4) is 5.75 Å². The van der Waals surface area contributed by atoms with Crippen molar-refractivity contribution in [3.63, 3.8) is 0 Å². The van der Waals surface area contributed by atoms with E-state index in [1.807, 2.05) is 24.3 Å². The zero-order chi connectivity index (χ0) is 22.7. The lowest BCUT2D eigenvalue weighted by molar-refractivity contribution is 0.246. The second kappa shape index (κ2) is 9.21. The van der Waals surface area contributed by atoms with Gasteiger partial charge in [-0.15, -0.1) is 0 Å². The van der Waals surface area contributed by atoms with Crippen LogP contribution < -0.4 is 21.1 Å². The van der Waals surface area contributed by atoms with Crippen molar-refractivity contribution in [1.82, 2.24) is 19.7 Å². The number of nitrogens with one attached hydrogen (secondary N) is 2. The van der Waals surface area contributed by atoms with Crippen LogP contribution in [0.5, 0.6) is 5.75 Å². The Hall–Kier alpha value is -3.69. The highest BCUT2D eigenvalue weighted by Crippen LogP contribution is 2.17. The molecule has 2 heterocycles. The molecule has 1 unspecified atom stereocenters. The molecule has 0 radical (unpaired) electrons. The molecule has 1 aliphatic heterocycles. The standard InChI is InChI=1S/C22H23F2N5O3/c1-32-17-4-2-3-14(11-17)13-29-22(31)28-10-9-16(6-8-20(28)27-29)25-21(30)26-19-7-5-15(23)12-18(19)24/h2-5,7,11-12,16H,6,8-10,13H2,1H3,(H2,25,26,30). The number of hydrogen-bond donors (Lipinski definition) is 2. The number of methoxy groups -OCH3 is 1. The highest BCUT2D eigenvalue weighted by molar-refractivity contribution is 5.89. The van der Waals surface area contributed by atoms with Crippen molar-refractivity contribution < 1.29 is 18.3 Å². The van der Waals surface area contributed by atoms with E-state index in [2.05, 4.69) is 15.7 Å². The number of anilines is 1. The summed E-state index contributed by atoms with van der Waals surface area (Å²) in [4.78, 5) is 25.1. The maximum absolute atomic E-state index is 13.7. The van der Waals surface area contributed by atoms with Gasteiger partial charge in [-0.05, 0) is 42.7 Å². The number of aromatic nitrogens is 3. The summed E-state index contributed by atoms with van der Waals surface area (Å²) in [7, 11) is 1.59. The Morgan fingerprint density at radius 1 is 1.22 bits per heavy atom. The quantitative estimate of drug-likeness (QED) is 0.635. The van der Waals surface area contributed by atoms with E-state index < -0.39 is 17.7 Å². The predicted molar refractivity (Wildman–Crippen MR) is 114 cm³/mol. The third kappa shape index (κ3) is 4.79. The molecular weight excluding hydrogens is 420 g/mol. The molecule has 3 aromatic rings. The molecule has 8 nitrogen and oxygen atoms in total. The number of aryl methyl sites for hydroxylation is 1. The molecule has 4 rings (SSSR count). The molecule has 1 atom stereocenters. The average molecular weight is 443 g/mol. The molecule has 168 valence electrons. The van der Waals surface area contributed by atoms with Gasteiger partial charge in [-0.25, -0.2) is 23.1 Å². The summed E-state index contributed by atoms with van der Waals surface area (Å²) in [5, 5.41) is 9.65. The zero-order valence-corrected chi connectivity index (χ0v) is 17.5. The maximum atomic E-state index is 13.7. The highest BCUT2D eigenvalue weighted by Gasteiger charge is 2.22. The van der Waals surface area contributed by atoms with Crippen LogP contribution in [0.25, 0.3) is 0 Å². The van der Waals surface area contributed by atoms with Gasteiger partial charge in [-0.1, -0.05) is 12.1 Å². The number of amides is 2. The van der Waals surface area contributed by atoms with Crippen molar-refractivity contribution >= 4 is 11.7 Å². The normalized spacial score (nSPS) is 15.5. The molecule has 10 heteroatoms. The Morgan fingerprint density at radius 3 is 2.84 bits per heavy atom. The molecular formula is C22H23F2N5O3. The van der Waals surface area contributed by atoms with Gasteiger partial charge in [0.2, 0.25) is 0 Å². The first-order valence-electron chi connectivity index (χ1n) is 10.2. The lowest BCUT2D eigenvalue weighted by Crippen LogP contribution is -2.38. The SMILES string of the molecule is COc1cccc(Cn2nc3n(c2=O)CCC(NC(=O)Nc2ccc(F)cc2F)CC3)c1. The topological polar surface area (TPSA) is 90.2 Å². The number of hydrogen-bond acceptors (Lipinski definition) is 4. The number of carbonyl (C=O) groups is 1. The van der Waals surface area contributed by atoms with Crippen LogP contribution in [0.15, 0.2) is 47.3 Å². The van der Waals surface area contributed by atoms with E-state index >= 15 is 0 Å². The van der Waals surface area contributed by atoms with E-state index in [9.17, 15) is 18.4 Å². The molecule has 0 aliphatic carbocycles. The highest BCUT2D eigenvalue weighted by atomic mass is 19.1. The second-order valence-electron chi connectivity index (χ2n) is 7.61. The summed E-state index contributed by atoms with van der Waals surface area (Å²) in [5.74, 6) is -0.197. The Labute approximate surface area is 182 Å². The average Bonchev–Trinajstić information content (AvgIpc) is 2.93. The minimum Gasteiger partial charge on any atom is -0.497 e. The minimum absolute atomic E-state index is 0.106. The number of halogens is 2. The number of ether oxygens (including phenoxy) is 1. The van der Waals surface area contributed by atoms with Crippen LogP contribution in [0.2, 0.25) is 0 Å². The molecule has 0 saturated heterocycles. The third-order valence-corrected chi connectivity index (χ3v) is 5.40. The van der Waals surface area contributed by atoms with Gasteiger partial charge in [-0.3, -0.25) is 4.57 Å². The van der Waals surface area contributed by atoms with Crippen LogP contribution >= 0.6 is 0 Å². The summed E-state index contributed by atoms with van der Waals surface area (Å²) in [6.45, 7) is 0.742. The van der Waals surface area contributed by atoms with Crippen LogP contribution in [0.1, 0.15) is 24.2 Å². The fourth-order valence-electron chi connectivity index (χ4n) is 3.75. The first-order chi connectivity index (χ1) is 15.4. The Kier molecular flexibility index (Phi) is 6.20. The van der Waals surface area contributed by atoms with Crippen LogP contribution in [-0.2, 0) is 19.5 Å². The molecule has 0 saturated carbocycles. The van der Waals surface area contributed by atoms with E-state index in [0.717, 1.165) is 17.7 Å². The molecule has 0 spiro atoms. The summed E-state index contributed by atoms with van der Waals surface area (Å²) in [5.41, 5.74) is 0.594. The van der Waals surface area contributed by atoms with Crippen LogP contribution in [-0.4, -0.2) is 33.5 Å². The van der Waals surface area contributed by atoms with E-state index in [0.29, 0.717) is 50.0 Å². The van der Waals surface area contributed by atoms with Crippen molar-refractivity contribution in [2.75, 3.05) is 12.4 Å². The molecule has 2 amide bonds. The van der Waals surface area contributed by atoms with Gasteiger partial charge in [0.15, 0.2) is 0 Å². The number of carbonyl (C=O) groups excluding carboxylic acids is 1. The zero-order valence-electron chi connectivity index (χ0n) is 17.5. The number of nitrogens with zero attached hydrogens (tertiary/aromatic N) is 3. The van der Waals surface area contributed by atoms with Gasteiger partial charge < -0.3 is 15.4 Å². The molecule has 1 aliphatic rings. The molecule has 0 bridgehead atoms. The largest absolute Gasteiger partial charge is 0.497 e. The fourth-order valence-corrected chi connectivity index (χ4v) is 3.75. The molecule has 1 aromatic heterocycles. The van der Waals surface area contributed by atoms with Crippen LogP contribution in [0, 0.1) is 11.6 Å². The summed E-state index contributed by atoms with van der Waals surface area (Å²) in [6.07, 6.45) is 1.61. The Balaban J connectivity index is 1.38. The lowest BCUT2D eigenvalue weighted by atomic mass is 10.1. The summed E-state index contributed by atoms with van der Waals surface area (Å²) >= 11 is 0. The molecule has 0 fully saturated rings. The van der Waals surface area contributed by atoms with Gasteiger partial charge in [-0.2, -0.15) is 5.10 Å². The maximum Gasteiger partial charge on any atom is 0.346 e. The predicted octanol–water partition coefficient (Wildman–Crippen LogP) is 2.91. The Bertz CT molecular complexity index is 1190. The first-order valence-corrected chi connectivity index (χ1v) is 10.2. The fraction of sp³-hybridized carbons (Fsp3) is 0.318. The Morgan fingerprint density at radius 2 is 2.06 bits per heavy atom. The van der Waals surface area contributed by atoms with E-state index in [4.69, 9.17) is 4.74 Å². The van der Waals surface area contributed by atoms with Gasteiger partial charge in [0.25, 0.3) is 0 Å². The summed E-state index contributed by atoms with van der Waals surface area (Å²) in [6, 6.07) is 9.60. The number of urea groups is 1. The van der Waals surface area contributed by atoms with E-state index in [1.165, 1.54) is 4.68 Å². The molecule has 2 N–H and O–H groups in total. The van der Waals surface area contributed by atoms with Gasteiger partial charge in [0, 0.05) is 25.1 Å². The van der Waals surface area contributed by atoms with Crippen molar-refractivity contribution in [1.29, 1.82) is 0 Å². The second-order valence-corrected chi connectivity index (χ2v) is 7.61. The monoisotopic (exact) mass is 443 g/mol. The first kappa shape index (κ1) is 21.5. The number of fused-ring (bicyclic) bond motifs is 1. The van der Waals surface area contributed by atoms with Crippen molar-refractivity contribution in [2.24, 2.45) is 0 Å². The summed E-state index contributed by atoms with van der Waals surface area (Å²) < 4.78 is 35.0. The minimum atomic E-state index is -0.849. The van der Waals surface area contributed by atoms with E-state index in [1.54, 1.807) is 11.7 Å². The van der Waals surface area contributed by atoms with Gasteiger partial charge >= 0.3 is 11.7 Å². The van der Waals surface area contributed by atoms with Crippen LogP contribution in [0.3, 0.4) is 0 Å². The van der Waals surface area contributed by atoms with Gasteiger partial charge in [0.1, 0.15) is 23.2 Å².